The van der Waals surface area contributed by atoms with Crippen LogP contribution in [0.15, 0.2) is 12.5 Å². The summed E-state index contributed by atoms with van der Waals surface area (Å²) in [7, 11) is 0. The molecule has 1 rings (SSSR count). The van der Waals surface area contributed by atoms with Crippen molar-refractivity contribution in [2.45, 2.75) is 52.8 Å². The summed E-state index contributed by atoms with van der Waals surface area (Å²) >= 11 is 0. The van der Waals surface area contributed by atoms with Crippen molar-refractivity contribution in [1.82, 2.24) is 14.9 Å². The van der Waals surface area contributed by atoms with Crippen molar-refractivity contribution in [3.63, 3.8) is 0 Å². The maximum atomic E-state index is 11.5. The zero-order valence-electron chi connectivity index (χ0n) is 12.0. The van der Waals surface area contributed by atoms with Gasteiger partial charge >= 0.3 is 6.09 Å². The maximum Gasteiger partial charge on any atom is 0.407 e. The Balaban J connectivity index is 2.46. The minimum atomic E-state index is -0.485. The van der Waals surface area contributed by atoms with Crippen LogP contribution in [0.2, 0.25) is 0 Å². The summed E-state index contributed by atoms with van der Waals surface area (Å²) in [6.45, 7) is 8.49. The van der Waals surface area contributed by atoms with Gasteiger partial charge in [-0.05, 0) is 27.7 Å². The normalized spacial score (nSPS) is 10.5. The average Bonchev–Trinajstić information content (AvgIpc) is 2.72. The number of alkyl carbamates (subject to hydrolysis) is 1. The average molecular weight is 263 g/mol. The number of imidazole rings is 1. The van der Waals surface area contributed by atoms with E-state index in [9.17, 15) is 4.79 Å². The van der Waals surface area contributed by atoms with Gasteiger partial charge in [0.25, 0.3) is 0 Å². The molecule has 0 aliphatic heterocycles. The third-order valence-corrected chi connectivity index (χ3v) is 2.27. The lowest BCUT2D eigenvalue weighted by Gasteiger charge is -2.19. The van der Waals surface area contributed by atoms with E-state index in [0.717, 1.165) is 18.7 Å². The second-order valence-electron chi connectivity index (χ2n) is 5.11. The molecule has 5 heteroatoms. The highest BCUT2D eigenvalue weighted by molar-refractivity contribution is 5.67. The van der Waals surface area contributed by atoms with Crippen molar-refractivity contribution in [3.05, 3.63) is 18.2 Å². The SMILES string of the molecule is CC#CCCn1cncc1CNC(=O)OC(C)(C)C. The molecule has 0 spiro atoms. The molecular formula is C14H21N3O2. The minimum absolute atomic E-state index is 0.397. The zero-order valence-corrected chi connectivity index (χ0v) is 12.0. The Morgan fingerprint density at radius 1 is 1.53 bits per heavy atom. The van der Waals surface area contributed by atoms with E-state index in [0.29, 0.717) is 6.54 Å². The molecular weight excluding hydrogens is 242 g/mol. The summed E-state index contributed by atoms with van der Waals surface area (Å²) in [5.41, 5.74) is 0.449. The molecule has 0 aliphatic carbocycles. The molecule has 0 saturated heterocycles. The molecule has 1 aromatic rings. The second-order valence-corrected chi connectivity index (χ2v) is 5.11. The van der Waals surface area contributed by atoms with Crippen LogP contribution in [-0.2, 0) is 17.8 Å². The number of rotatable bonds is 4. The highest BCUT2D eigenvalue weighted by Crippen LogP contribution is 2.07. The molecule has 0 radical (unpaired) electrons. The Bertz CT molecular complexity index is 475. The maximum absolute atomic E-state index is 11.5. The smallest absolute Gasteiger partial charge is 0.407 e. The number of nitrogens with zero attached hydrogens (tertiary/aromatic N) is 2. The summed E-state index contributed by atoms with van der Waals surface area (Å²) < 4.78 is 7.15. The Hall–Kier alpha value is -1.96. The van der Waals surface area contributed by atoms with Gasteiger partial charge in [0, 0.05) is 19.2 Å². The Labute approximate surface area is 114 Å². The first-order valence-electron chi connectivity index (χ1n) is 6.28. The van der Waals surface area contributed by atoms with Crippen LogP contribution >= 0.6 is 0 Å². The van der Waals surface area contributed by atoms with E-state index in [2.05, 4.69) is 22.1 Å². The molecule has 0 atom stereocenters. The summed E-state index contributed by atoms with van der Waals surface area (Å²) in [5.74, 6) is 5.85. The lowest BCUT2D eigenvalue weighted by atomic mass is 10.2. The Morgan fingerprint density at radius 2 is 2.26 bits per heavy atom. The molecule has 1 heterocycles. The van der Waals surface area contributed by atoms with Crippen molar-refractivity contribution >= 4 is 6.09 Å². The van der Waals surface area contributed by atoms with E-state index < -0.39 is 11.7 Å². The molecule has 0 aliphatic rings. The Kier molecular flexibility index (Phi) is 5.43. The first-order valence-corrected chi connectivity index (χ1v) is 6.28. The van der Waals surface area contributed by atoms with Gasteiger partial charge in [-0.3, -0.25) is 0 Å². The molecule has 0 saturated carbocycles. The first-order chi connectivity index (χ1) is 8.92. The number of amides is 1. The number of hydrogen-bond donors (Lipinski definition) is 1. The van der Waals surface area contributed by atoms with Crippen molar-refractivity contribution in [1.29, 1.82) is 0 Å². The molecule has 1 amide bonds. The van der Waals surface area contributed by atoms with Gasteiger partial charge in [-0.1, -0.05) is 0 Å². The number of nitrogens with one attached hydrogen (secondary N) is 1. The molecule has 0 bridgehead atoms. The van der Waals surface area contributed by atoms with E-state index in [1.54, 1.807) is 12.5 Å². The summed E-state index contributed by atoms with van der Waals surface area (Å²) in [5, 5.41) is 2.71. The van der Waals surface area contributed by atoms with Gasteiger partial charge in [-0.15, -0.1) is 11.8 Å². The summed E-state index contributed by atoms with van der Waals surface area (Å²) in [6, 6.07) is 0. The number of aromatic nitrogens is 2. The van der Waals surface area contributed by atoms with Crippen LogP contribution < -0.4 is 5.32 Å². The highest BCUT2D eigenvalue weighted by atomic mass is 16.6. The number of carbonyl (C=O) groups excluding carboxylic acids is 1. The second kappa shape index (κ2) is 6.83. The van der Waals surface area contributed by atoms with Crippen LogP contribution in [0.4, 0.5) is 4.79 Å². The van der Waals surface area contributed by atoms with E-state index in [4.69, 9.17) is 4.74 Å². The molecule has 5 nitrogen and oxygen atoms in total. The summed E-state index contributed by atoms with van der Waals surface area (Å²) in [4.78, 5) is 15.6. The third kappa shape index (κ3) is 5.96. The van der Waals surface area contributed by atoms with E-state index in [1.807, 2.05) is 32.3 Å². The summed E-state index contributed by atoms with van der Waals surface area (Å²) in [6.07, 6.45) is 3.82. The van der Waals surface area contributed by atoms with Crippen LogP contribution in [0, 0.1) is 11.8 Å². The molecule has 104 valence electrons. The Morgan fingerprint density at radius 3 is 2.89 bits per heavy atom. The highest BCUT2D eigenvalue weighted by Gasteiger charge is 2.16. The lowest BCUT2D eigenvalue weighted by Crippen LogP contribution is -2.32. The fourth-order valence-corrected chi connectivity index (χ4v) is 1.47. The van der Waals surface area contributed by atoms with Crippen LogP contribution in [0.1, 0.15) is 39.8 Å². The van der Waals surface area contributed by atoms with Crippen LogP contribution in [0.3, 0.4) is 0 Å². The predicted molar refractivity (Wildman–Crippen MR) is 73.4 cm³/mol. The van der Waals surface area contributed by atoms with Crippen LogP contribution in [-0.4, -0.2) is 21.2 Å². The quantitative estimate of drug-likeness (QED) is 0.848. The number of ether oxygens (including phenoxy) is 1. The van der Waals surface area contributed by atoms with Gasteiger partial charge in [-0.25, -0.2) is 9.78 Å². The van der Waals surface area contributed by atoms with Crippen molar-refractivity contribution in [3.8, 4) is 11.8 Å². The van der Waals surface area contributed by atoms with Gasteiger partial charge in [-0.2, -0.15) is 0 Å². The van der Waals surface area contributed by atoms with E-state index in [1.165, 1.54) is 0 Å². The minimum Gasteiger partial charge on any atom is -0.444 e. The molecule has 0 aromatic carbocycles. The molecule has 1 aromatic heterocycles. The third-order valence-electron chi connectivity index (χ3n) is 2.27. The first kappa shape index (κ1) is 15.1. The van der Waals surface area contributed by atoms with Gasteiger partial charge in [0.1, 0.15) is 5.60 Å². The lowest BCUT2D eigenvalue weighted by molar-refractivity contribution is 0.0522. The fourth-order valence-electron chi connectivity index (χ4n) is 1.47. The monoisotopic (exact) mass is 263 g/mol. The fraction of sp³-hybridized carbons (Fsp3) is 0.571. The molecule has 0 fully saturated rings. The topological polar surface area (TPSA) is 56.2 Å². The van der Waals surface area contributed by atoms with Crippen molar-refractivity contribution in [2.24, 2.45) is 0 Å². The van der Waals surface area contributed by atoms with Gasteiger partial charge in [0.05, 0.1) is 18.6 Å². The number of aryl methyl sites for hydroxylation is 1. The molecule has 1 N–H and O–H groups in total. The van der Waals surface area contributed by atoms with E-state index >= 15 is 0 Å². The zero-order chi connectivity index (χ0) is 14.3. The van der Waals surface area contributed by atoms with Crippen LogP contribution in [0.25, 0.3) is 0 Å². The molecule has 0 unspecified atom stereocenters. The largest absolute Gasteiger partial charge is 0.444 e. The van der Waals surface area contributed by atoms with Crippen LogP contribution in [0.5, 0.6) is 0 Å². The predicted octanol–water partition coefficient (Wildman–Crippen LogP) is 2.32. The standard InChI is InChI=1S/C14H21N3O2/c1-5-6-7-8-17-11-15-9-12(17)10-16-13(18)19-14(2,3)4/h9,11H,7-8,10H2,1-4H3,(H,16,18). The van der Waals surface area contributed by atoms with Crippen molar-refractivity contribution in [2.75, 3.05) is 0 Å². The van der Waals surface area contributed by atoms with Crippen molar-refractivity contribution < 1.29 is 9.53 Å². The van der Waals surface area contributed by atoms with E-state index in [-0.39, 0.29) is 0 Å². The molecule has 19 heavy (non-hydrogen) atoms. The number of carbonyl (C=O) groups is 1. The van der Waals surface area contributed by atoms with Gasteiger partial charge < -0.3 is 14.6 Å². The van der Waals surface area contributed by atoms with Gasteiger partial charge in [0.2, 0.25) is 0 Å². The number of hydrogen-bond acceptors (Lipinski definition) is 3. The van der Waals surface area contributed by atoms with Gasteiger partial charge in [0.15, 0.2) is 0 Å².